The molecule has 0 bridgehead atoms. The van der Waals surface area contributed by atoms with Gasteiger partial charge in [0.25, 0.3) is 0 Å². The van der Waals surface area contributed by atoms with Crippen LogP contribution in [0.5, 0.6) is 0 Å². The summed E-state index contributed by atoms with van der Waals surface area (Å²) >= 11 is 0. The lowest BCUT2D eigenvalue weighted by molar-refractivity contribution is 0.122. The lowest BCUT2D eigenvalue weighted by atomic mass is 10.1. The average Bonchev–Trinajstić information content (AvgIpc) is 2.50. The van der Waals surface area contributed by atoms with Crippen molar-refractivity contribution >= 4 is 5.69 Å². The molecule has 0 N–H and O–H groups in total. The molecule has 3 rings (SSSR count). The van der Waals surface area contributed by atoms with Crippen molar-refractivity contribution in [3.05, 3.63) is 29.8 Å². The zero-order valence-electron chi connectivity index (χ0n) is 11.7. The van der Waals surface area contributed by atoms with Crippen LogP contribution in [0.1, 0.15) is 24.8 Å². The van der Waals surface area contributed by atoms with E-state index in [4.69, 9.17) is 4.74 Å². The number of likely N-dealkylation sites (tertiary alicyclic amines) is 1. The highest BCUT2D eigenvalue weighted by Crippen LogP contribution is 2.24. The monoisotopic (exact) mass is 260 g/mol. The van der Waals surface area contributed by atoms with E-state index < -0.39 is 0 Å². The maximum Gasteiger partial charge on any atom is 0.0642 e. The van der Waals surface area contributed by atoms with Crippen molar-refractivity contribution in [1.29, 1.82) is 0 Å². The third-order valence-corrected chi connectivity index (χ3v) is 4.19. The second-order valence-electron chi connectivity index (χ2n) is 5.56. The molecular weight excluding hydrogens is 236 g/mol. The molecule has 3 nitrogen and oxygen atoms in total. The van der Waals surface area contributed by atoms with Crippen LogP contribution in [0.15, 0.2) is 24.3 Å². The van der Waals surface area contributed by atoms with Crippen LogP contribution in [0.2, 0.25) is 0 Å². The van der Waals surface area contributed by atoms with Gasteiger partial charge >= 0.3 is 0 Å². The third-order valence-electron chi connectivity index (χ3n) is 4.19. The van der Waals surface area contributed by atoms with E-state index in [9.17, 15) is 0 Å². The molecule has 0 radical (unpaired) electrons. The van der Waals surface area contributed by atoms with Crippen LogP contribution in [0.4, 0.5) is 5.69 Å². The van der Waals surface area contributed by atoms with Crippen molar-refractivity contribution in [1.82, 2.24) is 4.90 Å². The van der Waals surface area contributed by atoms with Crippen LogP contribution >= 0.6 is 0 Å². The van der Waals surface area contributed by atoms with E-state index in [1.807, 2.05) is 0 Å². The fraction of sp³-hybridized carbons (Fsp3) is 0.625. The molecule has 0 amide bonds. The van der Waals surface area contributed by atoms with Gasteiger partial charge in [0.15, 0.2) is 0 Å². The number of benzene rings is 1. The summed E-state index contributed by atoms with van der Waals surface area (Å²) in [7, 11) is 0. The molecule has 2 aliphatic heterocycles. The molecule has 0 aromatic heterocycles. The van der Waals surface area contributed by atoms with Crippen molar-refractivity contribution in [3.63, 3.8) is 0 Å². The summed E-state index contributed by atoms with van der Waals surface area (Å²) in [4.78, 5) is 5.07. The zero-order valence-corrected chi connectivity index (χ0v) is 11.7. The summed E-state index contributed by atoms with van der Waals surface area (Å²) in [5.74, 6) is 0. The normalized spacial score (nSPS) is 21.6. The van der Waals surface area contributed by atoms with Gasteiger partial charge in [0.05, 0.1) is 13.2 Å². The van der Waals surface area contributed by atoms with Crippen LogP contribution < -0.4 is 4.90 Å². The highest BCUT2D eigenvalue weighted by Gasteiger charge is 2.17. The van der Waals surface area contributed by atoms with E-state index in [0.717, 1.165) is 32.8 Å². The minimum atomic E-state index is 0.859. The maximum absolute atomic E-state index is 5.46. The molecule has 104 valence electrons. The first kappa shape index (κ1) is 12.9. The van der Waals surface area contributed by atoms with Gasteiger partial charge < -0.3 is 9.64 Å². The summed E-state index contributed by atoms with van der Waals surface area (Å²) in [6.07, 6.45) is 4.13. The fourth-order valence-electron chi connectivity index (χ4n) is 3.12. The van der Waals surface area contributed by atoms with Gasteiger partial charge in [0.1, 0.15) is 0 Å². The van der Waals surface area contributed by atoms with Crippen molar-refractivity contribution in [2.24, 2.45) is 0 Å². The van der Waals surface area contributed by atoms with Crippen molar-refractivity contribution < 1.29 is 4.74 Å². The second-order valence-corrected chi connectivity index (χ2v) is 5.56. The Morgan fingerprint density at radius 1 is 0.895 bits per heavy atom. The highest BCUT2D eigenvalue weighted by atomic mass is 16.5. The topological polar surface area (TPSA) is 15.7 Å². The molecule has 0 spiro atoms. The van der Waals surface area contributed by atoms with Gasteiger partial charge in [0.2, 0.25) is 0 Å². The molecule has 2 saturated heterocycles. The summed E-state index contributed by atoms with van der Waals surface area (Å²) in [5.41, 5.74) is 2.89. The van der Waals surface area contributed by atoms with E-state index in [2.05, 4.69) is 34.1 Å². The summed E-state index contributed by atoms with van der Waals surface area (Å²) in [6, 6.07) is 8.89. The lowest BCUT2D eigenvalue weighted by Crippen LogP contribution is -2.37. The maximum atomic E-state index is 5.46. The van der Waals surface area contributed by atoms with Gasteiger partial charge in [-0.15, -0.1) is 0 Å². The largest absolute Gasteiger partial charge is 0.378 e. The van der Waals surface area contributed by atoms with E-state index in [1.54, 1.807) is 0 Å². The first-order valence-corrected chi connectivity index (χ1v) is 7.56. The van der Waals surface area contributed by atoms with E-state index >= 15 is 0 Å². The molecule has 19 heavy (non-hydrogen) atoms. The number of hydrogen-bond donors (Lipinski definition) is 0. The standard InChI is InChI=1S/C16H24N2O/c1-4-8-17(9-5-1)14-15-6-2-3-7-16(15)18-10-12-19-13-11-18/h2-3,6-7H,1,4-5,8-14H2. The quantitative estimate of drug-likeness (QED) is 0.830. The Morgan fingerprint density at radius 2 is 1.63 bits per heavy atom. The molecule has 0 aliphatic carbocycles. The van der Waals surface area contributed by atoms with E-state index in [0.29, 0.717) is 0 Å². The summed E-state index contributed by atoms with van der Waals surface area (Å²) < 4.78 is 5.46. The molecule has 0 saturated carbocycles. The molecule has 1 aromatic carbocycles. The Hall–Kier alpha value is -1.06. The first-order chi connectivity index (χ1) is 9.43. The average molecular weight is 260 g/mol. The predicted molar refractivity (Wildman–Crippen MR) is 78.6 cm³/mol. The minimum Gasteiger partial charge on any atom is -0.378 e. The van der Waals surface area contributed by atoms with E-state index in [1.165, 1.54) is 43.6 Å². The number of morpholine rings is 1. The zero-order chi connectivity index (χ0) is 12.9. The Morgan fingerprint density at radius 3 is 2.42 bits per heavy atom. The van der Waals surface area contributed by atoms with Crippen LogP contribution in [0, 0.1) is 0 Å². The molecule has 0 atom stereocenters. The smallest absolute Gasteiger partial charge is 0.0642 e. The Balaban J connectivity index is 1.72. The van der Waals surface area contributed by atoms with Crippen LogP contribution in [-0.4, -0.2) is 44.3 Å². The lowest BCUT2D eigenvalue weighted by Gasteiger charge is -2.33. The van der Waals surface area contributed by atoms with Crippen LogP contribution in [0.3, 0.4) is 0 Å². The second kappa shape index (κ2) is 6.40. The van der Waals surface area contributed by atoms with Gasteiger partial charge in [-0.25, -0.2) is 0 Å². The molecular formula is C16H24N2O. The molecule has 1 aromatic rings. The van der Waals surface area contributed by atoms with E-state index in [-0.39, 0.29) is 0 Å². The van der Waals surface area contributed by atoms with Crippen molar-refractivity contribution in [2.75, 3.05) is 44.3 Å². The molecule has 0 unspecified atom stereocenters. The Kier molecular flexibility index (Phi) is 4.36. The Labute approximate surface area is 116 Å². The van der Waals surface area contributed by atoms with Crippen LogP contribution in [-0.2, 0) is 11.3 Å². The van der Waals surface area contributed by atoms with Gasteiger partial charge in [0, 0.05) is 25.3 Å². The number of anilines is 1. The number of para-hydroxylation sites is 1. The summed E-state index contributed by atoms with van der Waals surface area (Å²) in [5, 5.41) is 0. The molecule has 2 heterocycles. The van der Waals surface area contributed by atoms with Gasteiger partial charge in [-0.1, -0.05) is 24.6 Å². The molecule has 2 fully saturated rings. The first-order valence-electron chi connectivity index (χ1n) is 7.56. The predicted octanol–water partition coefficient (Wildman–Crippen LogP) is 2.51. The van der Waals surface area contributed by atoms with Gasteiger partial charge in [-0.05, 0) is 37.6 Å². The Bertz CT molecular complexity index is 395. The number of hydrogen-bond acceptors (Lipinski definition) is 3. The number of rotatable bonds is 3. The minimum absolute atomic E-state index is 0.859. The third kappa shape index (κ3) is 3.28. The SMILES string of the molecule is c1ccc(N2CCOCC2)c(CN2CCCCC2)c1. The van der Waals surface area contributed by atoms with Crippen molar-refractivity contribution in [3.8, 4) is 0 Å². The summed E-state index contributed by atoms with van der Waals surface area (Å²) in [6.45, 7) is 7.40. The molecule has 2 aliphatic rings. The fourth-order valence-corrected chi connectivity index (χ4v) is 3.12. The number of ether oxygens (including phenoxy) is 1. The van der Waals surface area contributed by atoms with Gasteiger partial charge in [-0.2, -0.15) is 0 Å². The highest BCUT2D eigenvalue weighted by molar-refractivity contribution is 5.53. The van der Waals surface area contributed by atoms with Crippen LogP contribution in [0.25, 0.3) is 0 Å². The number of nitrogens with zero attached hydrogens (tertiary/aromatic N) is 2. The van der Waals surface area contributed by atoms with Crippen molar-refractivity contribution in [2.45, 2.75) is 25.8 Å². The van der Waals surface area contributed by atoms with Gasteiger partial charge in [-0.3, -0.25) is 4.90 Å². The number of piperidine rings is 1. The molecule has 3 heteroatoms.